The van der Waals surface area contributed by atoms with Gasteiger partial charge >= 0.3 is 0 Å². The first-order valence-corrected chi connectivity index (χ1v) is 6.90. The van der Waals surface area contributed by atoms with Gasteiger partial charge in [-0.05, 0) is 31.2 Å². The second kappa shape index (κ2) is 6.87. The zero-order chi connectivity index (χ0) is 15.2. The Hall–Kier alpha value is -2.38. The number of phenols is 1. The van der Waals surface area contributed by atoms with E-state index in [0.717, 1.165) is 0 Å². The van der Waals surface area contributed by atoms with Gasteiger partial charge in [-0.2, -0.15) is 5.26 Å². The summed E-state index contributed by atoms with van der Waals surface area (Å²) in [6, 6.07) is 12.4. The number of nitrogens with zero attached hydrogens (tertiary/aromatic N) is 1. The standard InChI is InChI=1S/C16H15ClN2O2/c1-2-21-15-5-3-4-12(16(15)20)10-19-14-8-11(9-18)6-7-13(14)17/h3-8,19-20H,2,10H2,1H3. The Morgan fingerprint density at radius 1 is 1.33 bits per heavy atom. The average molecular weight is 303 g/mol. The van der Waals surface area contributed by atoms with Gasteiger partial charge < -0.3 is 15.2 Å². The quantitative estimate of drug-likeness (QED) is 0.878. The largest absolute Gasteiger partial charge is 0.504 e. The second-order valence-electron chi connectivity index (χ2n) is 4.36. The predicted molar refractivity (Wildman–Crippen MR) is 82.8 cm³/mol. The lowest BCUT2D eigenvalue weighted by molar-refractivity contribution is 0.317. The van der Waals surface area contributed by atoms with Crippen molar-refractivity contribution in [3.05, 3.63) is 52.5 Å². The van der Waals surface area contributed by atoms with Crippen molar-refractivity contribution in [3.63, 3.8) is 0 Å². The fraction of sp³-hybridized carbons (Fsp3) is 0.188. The number of halogens is 1. The number of aromatic hydroxyl groups is 1. The van der Waals surface area contributed by atoms with E-state index in [2.05, 4.69) is 11.4 Å². The summed E-state index contributed by atoms with van der Waals surface area (Å²) in [6.07, 6.45) is 0. The highest BCUT2D eigenvalue weighted by Gasteiger charge is 2.08. The molecule has 2 N–H and O–H groups in total. The van der Waals surface area contributed by atoms with Crippen molar-refractivity contribution < 1.29 is 9.84 Å². The van der Waals surface area contributed by atoms with Gasteiger partial charge in [0.1, 0.15) is 0 Å². The third kappa shape index (κ3) is 3.59. The molecule has 0 aliphatic heterocycles. The van der Waals surface area contributed by atoms with Crippen LogP contribution in [-0.2, 0) is 6.54 Å². The third-order valence-electron chi connectivity index (χ3n) is 2.95. The molecule has 4 nitrogen and oxygen atoms in total. The molecular formula is C16H15ClN2O2. The Kier molecular flexibility index (Phi) is 4.91. The number of nitriles is 1. The summed E-state index contributed by atoms with van der Waals surface area (Å²) < 4.78 is 5.34. The van der Waals surface area contributed by atoms with Gasteiger partial charge in [-0.1, -0.05) is 23.7 Å². The van der Waals surface area contributed by atoms with Crippen molar-refractivity contribution in [1.82, 2.24) is 0 Å². The molecule has 0 fully saturated rings. The highest BCUT2D eigenvalue weighted by atomic mass is 35.5. The highest BCUT2D eigenvalue weighted by Crippen LogP contribution is 2.31. The molecule has 0 aliphatic rings. The van der Waals surface area contributed by atoms with Crippen LogP contribution in [0.15, 0.2) is 36.4 Å². The molecule has 2 rings (SSSR count). The van der Waals surface area contributed by atoms with E-state index in [-0.39, 0.29) is 5.75 Å². The minimum absolute atomic E-state index is 0.111. The number of hydrogen-bond acceptors (Lipinski definition) is 4. The van der Waals surface area contributed by atoms with Gasteiger partial charge in [0.05, 0.1) is 28.9 Å². The van der Waals surface area contributed by atoms with Gasteiger partial charge in [0.2, 0.25) is 0 Å². The van der Waals surface area contributed by atoms with Gasteiger partial charge in [-0.3, -0.25) is 0 Å². The number of hydrogen-bond donors (Lipinski definition) is 2. The Labute approximate surface area is 128 Å². The smallest absolute Gasteiger partial charge is 0.162 e. The molecule has 5 heteroatoms. The predicted octanol–water partition coefficient (Wildman–Crippen LogP) is 3.93. The van der Waals surface area contributed by atoms with E-state index < -0.39 is 0 Å². The van der Waals surface area contributed by atoms with Crippen LogP contribution < -0.4 is 10.1 Å². The Bertz CT molecular complexity index is 680. The molecule has 0 aliphatic carbocycles. The zero-order valence-corrected chi connectivity index (χ0v) is 12.3. The molecule has 0 amide bonds. The van der Waals surface area contributed by atoms with Crippen LogP contribution in [0.25, 0.3) is 0 Å². The normalized spacial score (nSPS) is 9.95. The first-order chi connectivity index (χ1) is 10.2. The van der Waals surface area contributed by atoms with Crippen LogP contribution in [0.5, 0.6) is 11.5 Å². The summed E-state index contributed by atoms with van der Waals surface area (Å²) in [5, 5.41) is 22.7. The number of anilines is 1. The molecule has 0 aromatic heterocycles. The maximum absolute atomic E-state index is 10.1. The fourth-order valence-electron chi connectivity index (χ4n) is 1.90. The van der Waals surface area contributed by atoms with Gasteiger partial charge in [-0.15, -0.1) is 0 Å². The van der Waals surface area contributed by atoms with E-state index in [0.29, 0.717) is 40.7 Å². The summed E-state index contributed by atoms with van der Waals surface area (Å²) >= 11 is 6.08. The van der Waals surface area contributed by atoms with Crippen LogP contribution in [-0.4, -0.2) is 11.7 Å². The Balaban J connectivity index is 2.17. The van der Waals surface area contributed by atoms with Crippen LogP contribution >= 0.6 is 11.6 Å². The molecule has 0 spiro atoms. The zero-order valence-electron chi connectivity index (χ0n) is 11.6. The molecule has 0 radical (unpaired) electrons. The highest BCUT2D eigenvalue weighted by molar-refractivity contribution is 6.33. The monoisotopic (exact) mass is 302 g/mol. The number of rotatable bonds is 5. The van der Waals surface area contributed by atoms with Gasteiger partial charge in [0.15, 0.2) is 11.5 Å². The minimum Gasteiger partial charge on any atom is -0.504 e. The van der Waals surface area contributed by atoms with Crippen LogP contribution in [0.2, 0.25) is 5.02 Å². The lowest BCUT2D eigenvalue weighted by atomic mass is 10.1. The molecular weight excluding hydrogens is 288 g/mol. The molecule has 21 heavy (non-hydrogen) atoms. The number of phenolic OH excluding ortho intramolecular Hbond substituents is 1. The van der Waals surface area contributed by atoms with Gasteiger partial charge in [-0.25, -0.2) is 0 Å². The average Bonchev–Trinajstić information content (AvgIpc) is 2.50. The second-order valence-corrected chi connectivity index (χ2v) is 4.76. The lowest BCUT2D eigenvalue weighted by Crippen LogP contribution is -2.02. The number of ether oxygens (including phenoxy) is 1. The minimum atomic E-state index is 0.111. The topological polar surface area (TPSA) is 65.3 Å². The van der Waals surface area contributed by atoms with Crippen molar-refractivity contribution in [2.24, 2.45) is 0 Å². The molecule has 2 aromatic carbocycles. The summed E-state index contributed by atoms with van der Waals surface area (Å²) in [6.45, 7) is 2.72. The van der Waals surface area contributed by atoms with E-state index in [1.54, 1.807) is 30.3 Å². The van der Waals surface area contributed by atoms with Crippen LogP contribution in [0, 0.1) is 11.3 Å². The van der Waals surface area contributed by atoms with Crippen LogP contribution in [0.3, 0.4) is 0 Å². The fourth-order valence-corrected chi connectivity index (χ4v) is 2.09. The van der Waals surface area contributed by atoms with Crippen molar-refractivity contribution >= 4 is 17.3 Å². The molecule has 0 heterocycles. The Morgan fingerprint density at radius 2 is 2.14 bits per heavy atom. The van der Waals surface area contributed by atoms with E-state index in [4.69, 9.17) is 21.6 Å². The first kappa shape index (κ1) is 15.0. The molecule has 108 valence electrons. The number of nitrogens with one attached hydrogen (secondary N) is 1. The van der Waals surface area contributed by atoms with Crippen molar-refractivity contribution in [2.75, 3.05) is 11.9 Å². The maximum Gasteiger partial charge on any atom is 0.162 e. The molecule has 0 saturated heterocycles. The molecule has 2 aromatic rings. The summed E-state index contributed by atoms with van der Waals surface area (Å²) in [5.74, 6) is 0.563. The third-order valence-corrected chi connectivity index (χ3v) is 3.28. The maximum atomic E-state index is 10.1. The van der Waals surface area contributed by atoms with E-state index >= 15 is 0 Å². The summed E-state index contributed by atoms with van der Waals surface area (Å²) in [7, 11) is 0. The summed E-state index contributed by atoms with van der Waals surface area (Å²) in [4.78, 5) is 0. The van der Waals surface area contributed by atoms with Crippen LogP contribution in [0.1, 0.15) is 18.1 Å². The van der Waals surface area contributed by atoms with Crippen molar-refractivity contribution in [2.45, 2.75) is 13.5 Å². The first-order valence-electron chi connectivity index (χ1n) is 6.53. The molecule has 0 atom stereocenters. The summed E-state index contributed by atoms with van der Waals surface area (Å²) in [5.41, 5.74) is 1.87. The lowest BCUT2D eigenvalue weighted by Gasteiger charge is -2.12. The van der Waals surface area contributed by atoms with Crippen molar-refractivity contribution in [1.29, 1.82) is 5.26 Å². The molecule has 0 bridgehead atoms. The number of para-hydroxylation sites is 1. The van der Waals surface area contributed by atoms with Crippen molar-refractivity contribution in [3.8, 4) is 17.6 Å². The van der Waals surface area contributed by atoms with Crippen LogP contribution in [0.4, 0.5) is 5.69 Å². The van der Waals surface area contributed by atoms with E-state index in [1.807, 2.05) is 13.0 Å². The van der Waals surface area contributed by atoms with Gasteiger partial charge in [0, 0.05) is 12.1 Å². The number of benzene rings is 2. The van der Waals surface area contributed by atoms with Gasteiger partial charge in [0.25, 0.3) is 0 Å². The Morgan fingerprint density at radius 3 is 2.86 bits per heavy atom. The van der Waals surface area contributed by atoms with E-state index in [9.17, 15) is 5.11 Å². The van der Waals surface area contributed by atoms with E-state index in [1.165, 1.54) is 0 Å². The molecule has 0 unspecified atom stereocenters. The SMILES string of the molecule is CCOc1cccc(CNc2cc(C#N)ccc2Cl)c1O. The molecule has 0 saturated carbocycles.